The third-order valence-electron chi connectivity index (χ3n) is 15.3. The Morgan fingerprint density at radius 2 is 0.581 bits per heavy atom. The van der Waals surface area contributed by atoms with Crippen molar-refractivity contribution in [3.8, 4) is 68.3 Å². The Labute approximate surface area is 499 Å². The topological polar surface area (TPSA) is 131 Å². The van der Waals surface area contributed by atoms with E-state index in [2.05, 4.69) is 178 Å². The molecule has 16 aromatic rings. The van der Waals surface area contributed by atoms with Gasteiger partial charge in [0.2, 0.25) is 17.2 Å². The quantitative estimate of drug-likeness (QED) is 0.143. The highest BCUT2D eigenvalue weighted by molar-refractivity contribution is 6.28. The molecule has 2 N–H and O–H groups in total. The molecule has 16 rings (SSSR count). The van der Waals surface area contributed by atoms with Crippen molar-refractivity contribution in [3.63, 3.8) is 0 Å². The number of halogens is 1. The van der Waals surface area contributed by atoms with E-state index >= 15 is 0 Å². The van der Waals surface area contributed by atoms with E-state index in [0.717, 1.165) is 66.2 Å². The second kappa shape index (κ2) is 23.2. The Morgan fingerprint density at radius 1 is 0.267 bits per heavy atom. The fourth-order valence-corrected chi connectivity index (χ4v) is 11.4. The van der Waals surface area contributed by atoms with Crippen molar-refractivity contribution in [2.45, 2.75) is 0 Å². The monoisotopic (exact) mass is 1130 g/mol. The van der Waals surface area contributed by atoms with Crippen molar-refractivity contribution >= 4 is 82.4 Å². The maximum Gasteiger partial charge on any atom is 0.239 e. The molecule has 4 heterocycles. The molecular weight excluding hydrogens is 1080 g/mol. The van der Waals surface area contributed by atoms with E-state index in [9.17, 15) is 0 Å². The maximum absolute atomic E-state index is 8.95. The summed E-state index contributed by atoms with van der Waals surface area (Å²) >= 11 is 6.24. The van der Waals surface area contributed by atoms with Crippen molar-refractivity contribution in [1.29, 1.82) is 0 Å². The van der Waals surface area contributed by atoms with Gasteiger partial charge in [-0.05, 0) is 91.8 Å². The fourth-order valence-electron chi connectivity index (χ4n) is 11.3. The molecule has 0 radical (unpaired) electrons. The van der Waals surface area contributed by atoms with Gasteiger partial charge in [0.1, 0.15) is 0 Å². The maximum atomic E-state index is 8.95. The minimum Gasteiger partial charge on any atom is -0.278 e. The second-order valence-corrected chi connectivity index (χ2v) is 20.8. The number of benzene rings is 12. The van der Waals surface area contributed by atoms with E-state index in [1.807, 2.05) is 120 Å². The first-order chi connectivity index (χ1) is 42.4. The van der Waals surface area contributed by atoms with Crippen LogP contribution in [0.2, 0.25) is 5.28 Å². The van der Waals surface area contributed by atoms with Gasteiger partial charge in [-0.3, -0.25) is 19.5 Å². The highest BCUT2D eigenvalue weighted by Crippen LogP contribution is 2.36. The molecule has 12 aromatic carbocycles. The minimum absolute atomic E-state index is 0.118. The highest BCUT2D eigenvalue weighted by atomic mass is 35.5. The van der Waals surface area contributed by atoms with Crippen molar-refractivity contribution < 1.29 is 10.4 Å². The molecule has 0 atom stereocenters. The average molecular weight is 1130 g/mol. The lowest BCUT2D eigenvalue weighted by molar-refractivity contribution is 0.0291. The van der Waals surface area contributed by atoms with Crippen LogP contribution in [0.15, 0.2) is 291 Å². The first-order valence-electron chi connectivity index (χ1n) is 28.0. The standard InChI is InChI=1S/C37H24N4.C21H13ClN4.C16H13NO2/c1-2-12-27(13-3-1)35-38-36(28-23-21-26(22-24-28)30-18-10-14-25-11-4-5-15-29(25)30)40-37(39-35)41-33-19-8-6-16-31(33)32-17-7-9-20-34(32)41;22-20-23-19(14-8-2-1-3-9-14)24-21(25-20)26-17-12-6-4-10-15(17)16-11-5-7-13-18(16)26;18-17(19)14-10-8-13(9-11-14)16-7-3-5-12-4-1-2-6-15(12)16/h1-24H;1-13H;1-11,18-19H. The molecular formula is C74H50ClN9O2. The van der Waals surface area contributed by atoms with Crippen LogP contribution >= 0.6 is 11.6 Å². The fraction of sp³-hybridized carbons (Fsp3) is 0. The number of hydrogen-bond donors (Lipinski definition) is 2. The van der Waals surface area contributed by atoms with Crippen molar-refractivity contribution in [2.75, 3.05) is 5.23 Å². The summed E-state index contributed by atoms with van der Waals surface area (Å²) in [5, 5.41) is 27.7. The molecule has 0 aliphatic heterocycles. The zero-order chi connectivity index (χ0) is 57.9. The molecule has 11 nitrogen and oxygen atoms in total. The molecule has 0 bridgehead atoms. The normalized spacial score (nSPS) is 11.2. The summed E-state index contributed by atoms with van der Waals surface area (Å²) in [6, 6.07) is 98.1. The van der Waals surface area contributed by atoms with Crippen LogP contribution in [0.3, 0.4) is 0 Å². The molecule has 0 saturated carbocycles. The van der Waals surface area contributed by atoms with E-state index < -0.39 is 0 Å². The molecule has 410 valence electrons. The Bertz CT molecular complexity index is 5000. The average Bonchev–Trinajstić information content (AvgIpc) is 2.39. The van der Waals surface area contributed by atoms with Gasteiger partial charge in [0.25, 0.3) is 0 Å². The van der Waals surface area contributed by atoms with E-state index in [1.54, 1.807) is 12.1 Å². The smallest absolute Gasteiger partial charge is 0.239 e. The van der Waals surface area contributed by atoms with Crippen molar-refractivity contribution in [2.24, 2.45) is 0 Å². The van der Waals surface area contributed by atoms with Crippen molar-refractivity contribution in [1.82, 2.24) is 39.0 Å². The SMILES string of the molecule is Clc1nc(-c2ccccc2)nc(-n2c3ccccc3c3ccccc32)n1.ON(O)c1ccc(-c2cccc3ccccc23)cc1.c1ccc(-c2nc(-c3ccc(-c4cccc5ccccc45)cc3)nc(-n3c4ccccc4c4ccccc43)n2)cc1. The molecule has 0 fully saturated rings. The molecule has 86 heavy (non-hydrogen) atoms. The zero-order valence-corrected chi connectivity index (χ0v) is 46.8. The predicted octanol–water partition coefficient (Wildman–Crippen LogP) is 18.5. The van der Waals surface area contributed by atoms with Crippen LogP contribution in [-0.2, 0) is 0 Å². The molecule has 0 aliphatic rings. The van der Waals surface area contributed by atoms with Gasteiger partial charge in [0.05, 0.1) is 27.8 Å². The van der Waals surface area contributed by atoms with Gasteiger partial charge in [0.15, 0.2) is 17.5 Å². The number of rotatable bonds is 8. The van der Waals surface area contributed by atoms with Crippen LogP contribution < -0.4 is 5.23 Å². The van der Waals surface area contributed by atoms with Gasteiger partial charge in [-0.2, -0.15) is 24.9 Å². The Hall–Kier alpha value is -11.2. The first kappa shape index (κ1) is 52.8. The van der Waals surface area contributed by atoms with Gasteiger partial charge in [-0.1, -0.05) is 255 Å². The van der Waals surface area contributed by atoms with Crippen LogP contribution in [-0.4, -0.2) is 49.5 Å². The number of hydrogen-bond acceptors (Lipinski definition) is 9. The second-order valence-electron chi connectivity index (χ2n) is 20.4. The Morgan fingerprint density at radius 3 is 1.00 bits per heavy atom. The van der Waals surface area contributed by atoms with E-state index in [0.29, 0.717) is 35.1 Å². The van der Waals surface area contributed by atoms with Crippen LogP contribution in [0, 0.1) is 0 Å². The number of nitrogens with zero attached hydrogens (tertiary/aromatic N) is 9. The lowest BCUT2D eigenvalue weighted by atomic mass is 9.97. The Balaban J connectivity index is 0.000000124. The predicted molar refractivity (Wildman–Crippen MR) is 348 cm³/mol. The number of aromatic nitrogens is 8. The molecule has 0 aliphatic carbocycles. The van der Waals surface area contributed by atoms with Crippen molar-refractivity contribution in [3.05, 3.63) is 296 Å². The molecule has 0 spiro atoms. The number of fused-ring (bicyclic) bond motifs is 8. The van der Waals surface area contributed by atoms with E-state index in [4.69, 9.17) is 42.0 Å². The summed E-state index contributed by atoms with van der Waals surface area (Å²) in [4.78, 5) is 28.5. The summed E-state index contributed by atoms with van der Waals surface area (Å²) < 4.78 is 4.18. The number of anilines is 1. The minimum atomic E-state index is 0.118. The van der Waals surface area contributed by atoms with Gasteiger partial charge < -0.3 is 0 Å². The summed E-state index contributed by atoms with van der Waals surface area (Å²) in [6.07, 6.45) is 0. The van der Waals surface area contributed by atoms with Crippen LogP contribution in [0.1, 0.15) is 0 Å². The largest absolute Gasteiger partial charge is 0.278 e. The van der Waals surface area contributed by atoms with Gasteiger partial charge >= 0.3 is 0 Å². The molecule has 4 aromatic heterocycles. The van der Waals surface area contributed by atoms with Gasteiger partial charge in [0, 0.05) is 38.2 Å². The lowest BCUT2D eigenvalue weighted by Gasteiger charge is -2.11. The first-order valence-corrected chi connectivity index (χ1v) is 28.4. The third kappa shape index (κ3) is 10.3. The summed E-state index contributed by atoms with van der Waals surface area (Å²) in [5.74, 6) is 2.96. The summed E-state index contributed by atoms with van der Waals surface area (Å²) in [6.45, 7) is 0. The van der Waals surface area contributed by atoms with E-state index in [-0.39, 0.29) is 10.5 Å². The third-order valence-corrected chi connectivity index (χ3v) is 15.5. The zero-order valence-electron chi connectivity index (χ0n) is 46.0. The van der Waals surface area contributed by atoms with Crippen LogP contribution in [0.4, 0.5) is 5.69 Å². The molecule has 12 heteroatoms. The molecule has 0 saturated heterocycles. The molecule has 0 unspecified atom stereocenters. The van der Waals surface area contributed by atoms with Crippen LogP contribution in [0.5, 0.6) is 0 Å². The lowest BCUT2D eigenvalue weighted by Crippen LogP contribution is -2.10. The van der Waals surface area contributed by atoms with Crippen LogP contribution in [0.25, 0.3) is 133 Å². The summed E-state index contributed by atoms with van der Waals surface area (Å²) in [7, 11) is 0. The Kier molecular flexibility index (Phi) is 14.3. The van der Waals surface area contributed by atoms with E-state index in [1.165, 1.54) is 37.9 Å². The van der Waals surface area contributed by atoms with Gasteiger partial charge in [-0.15, -0.1) is 5.23 Å². The van der Waals surface area contributed by atoms with Gasteiger partial charge in [-0.25, -0.2) is 4.98 Å². The molecule has 0 amide bonds. The summed E-state index contributed by atoms with van der Waals surface area (Å²) in [5.41, 5.74) is 11.9. The number of para-hydroxylation sites is 4. The highest BCUT2D eigenvalue weighted by Gasteiger charge is 2.19.